The number of aliphatic hydroxyl groups is 1. The summed E-state index contributed by atoms with van der Waals surface area (Å²) in [5.74, 6) is 0. The lowest BCUT2D eigenvalue weighted by molar-refractivity contribution is -0.203. The smallest absolute Gasteiger partial charge is 0.383 e. The zero-order valence-electron chi connectivity index (χ0n) is 7.62. The summed E-state index contributed by atoms with van der Waals surface area (Å²) in [5.41, 5.74) is 0.386. The minimum absolute atomic E-state index is 0.386. The van der Waals surface area contributed by atoms with Crippen molar-refractivity contribution in [2.24, 2.45) is 0 Å². The summed E-state index contributed by atoms with van der Waals surface area (Å²) in [6.45, 7) is 2.43. The number of nitrogens with zero attached hydrogens (tertiary/aromatic N) is 2. The molecule has 1 unspecified atom stereocenters. The van der Waals surface area contributed by atoms with Gasteiger partial charge < -0.3 is 5.11 Å². The molecule has 0 bridgehead atoms. The van der Waals surface area contributed by atoms with Gasteiger partial charge >= 0.3 is 6.18 Å². The maximum Gasteiger partial charge on any atom is 0.414 e. The van der Waals surface area contributed by atoms with E-state index in [0.717, 1.165) is 0 Å². The summed E-state index contributed by atoms with van der Waals surface area (Å²) in [5, 5.41) is 12.6. The van der Waals surface area contributed by atoms with Gasteiger partial charge in [0.1, 0.15) is 0 Å². The third kappa shape index (κ3) is 2.73. The molecular weight excluding hydrogens is 197 g/mol. The highest BCUT2D eigenvalue weighted by Crippen LogP contribution is 2.22. The second-order valence-electron chi connectivity index (χ2n) is 2.97. The first kappa shape index (κ1) is 11.0. The number of aliphatic hydroxyl groups excluding tert-OH is 1. The van der Waals surface area contributed by atoms with Crippen molar-refractivity contribution in [1.29, 1.82) is 0 Å². The molecule has 6 heteroatoms. The molecule has 0 radical (unpaired) electrons. The minimum atomic E-state index is -4.56. The van der Waals surface area contributed by atoms with Crippen molar-refractivity contribution < 1.29 is 18.3 Å². The average molecular weight is 208 g/mol. The molecule has 1 rings (SSSR count). The summed E-state index contributed by atoms with van der Waals surface area (Å²) in [4.78, 5) is 0. The van der Waals surface area contributed by atoms with Crippen LogP contribution in [0.4, 0.5) is 13.2 Å². The van der Waals surface area contributed by atoms with Crippen LogP contribution in [0.3, 0.4) is 0 Å². The Morgan fingerprint density at radius 1 is 1.57 bits per heavy atom. The maximum atomic E-state index is 11.9. The van der Waals surface area contributed by atoms with Crippen LogP contribution in [0.25, 0.3) is 0 Å². The van der Waals surface area contributed by atoms with E-state index in [1.165, 1.54) is 17.1 Å². The molecule has 1 N–H and O–H groups in total. The zero-order valence-corrected chi connectivity index (χ0v) is 7.62. The molecule has 0 aliphatic carbocycles. The van der Waals surface area contributed by atoms with Crippen molar-refractivity contribution in [1.82, 2.24) is 9.78 Å². The normalized spacial score (nSPS) is 14.4. The van der Waals surface area contributed by atoms with Gasteiger partial charge in [-0.25, -0.2) is 0 Å². The van der Waals surface area contributed by atoms with Gasteiger partial charge in [-0.2, -0.15) is 18.3 Å². The summed E-state index contributed by atoms with van der Waals surface area (Å²) in [6.07, 6.45) is -4.48. The standard InChI is InChI=1S/C8H11F3N2O/c1-2-13-5-6(4-12-13)3-7(14)8(9,10)11/h4-5,7,14H,2-3H2,1H3. The summed E-state index contributed by atoms with van der Waals surface area (Å²) >= 11 is 0. The van der Waals surface area contributed by atoms with Crippen LogP contribution in [-0.2, 0) is 13.0 Å². The molecule has 1 heterocycles. The molecule has 0 amide bonds. The first-order valence-corrected chi connectivity index (χ1v) is 4.19. The molecule has 0 spiro atoms. The predicted molar refractivity (Wildman–Crippen MR) is 43.7 cm³/mol. The fourth-order valence-corrected chi connectivity index (χ4v) is 1.02. The van der Waals surface area contributed by atoms with Gasteiger partial charge in [0.15, 0.2) is 6.10 Å². The van der Waals surface area contributed by atoms with E-state index >= 15 is 0 Å². The lowest BCUT2D eigenvalue weighted by Crippen LogP contribution is -2.30. The zero-order chi connectivity index (χ0) is 10.8. The van der Waals surface area contributed by atoms with E-state index in [1.54, 1.807) is 0 Å². The third-order valence-electron chi connectivity index (χ3n) is 1.82. The molecule has 1 aromatic heterocycles. The highest BCUT2D eigenvalue weighted by Gasteiger charge is 2.38. The average Bonchev–Trinajstić information content (AvgIpc) is 2.50. The first-order valence-electron chi connectivity index (χ1n) is 4.19. The van der Waals surface area contributed by atoms with Gasteiger partial charge in [0.25, 0.3) is 0 Å². The number of halogens is 3. The molecule has 1 atom stereocenters. The van der Waals surface area contributed by atoms with E-state index in [0.29, 0.717) is 12.1 Å². The fraction of sp³-hybridized carbons (Fsp3) is 0.625. The Balaban J connectivity index is 2.60. The van der Waals surface area contributed by atoms with Gasteiger partial charge in [0.05, 0.1) is 6.20 Å². The minimum Gasteiger partial charge on any atom is -0.383 e. The molecule has 0 saturated carbocycles. The van der Waals surface area contributed by atoms with Crippen LogP contribution in [0.1, 0.15) is 12.5 Å². The SMILES string of the molecule is CCn1cc(CC(O)C(F)(F)F)cn1. The lowest BCUT2D eigenvalue weighted by atomic mass is 10.1. The largest absolute Gasteiger partial charge is 0.414 e. The Kier molecular flexibility index (Phi) is 3.15. The molecule has 0 aliphatic rings. The number of alkyl halides is 3. The van der Waals surface area contributed by atoms with Crippen molar-refractivity contribution >= 4 is 0 Å². The highest BCUT2D eigenvalue weighted by atomic mass is 19.4. The predicted octanol–water partition coefficient (Wildman–Crippen LogP) is 1.37. The van der Waals surface area contributed by atoms with Crippen molar-refractivity contribution in [2.45, 2.75) is 32.2 Å². The number of aryl methyl sites for hydroxylation is 1. The molecule has 80 valence electrons. The van der Waals surface area contributed by atoms with Crippen molar-refractivity contribution in [3.8, 4) is 0 Å². The molecular formula is C8H11F3N2O. The molecule has 3 nitrogen and oxygen atoms in total. The molecule has 0 aliphatic heterocycles. The van der Waals surface area contributed by atoms with Crippen molar-refractivity contribution in [2.75, 3.05) is 0 Å². The Morgan fingerprint density at radius 3 is 2.64 bits per heavy atom. The van der Waals surface area contributed by atoms with Crippen LogP contribution >= 0.6 is 0 Å². The van der Waals surface area contributed by atoms with Crippen LogP contribution in [0.2, 0.25) is 0 Å². The van der Waals surface area contributed by atoms with Gasteiger partial charge in [0, 0.05) is 19.2 Å². The Labute approximate surface area is 79.2 Å². The van der Waals surface area contributed by atoms with E-state index in [-0.39, 0.29) is 0 Å². The van der Waals surface area contributed by atoms with Crippen LogP contribution < -0.4 is 0 Å². The molecule has 0 saturated heterocycles. The Bertz CT molecular complexity index is 295. The van der Waals surface area contributed by atoms with Crippen molar-refractivity contribution in [3.63, 3.8) is 0 Å². The first-order chi connectivity index (χ1) is 6.43. The number of hydrogen-bond donors (Lipinski definition) is 1. The third-order valence-corrected chi connectivity index (χ3v) is 1.82. The van der Waals surface area contributed by atoms with Gasteiger partial charge in [-0.1, -0.05) is 0 Å². The molecule has 14 heavy (non-hydrogen) atoms. The molecule has 0 fully saturated rings. The fourth-order valence-electron chi connectivity index (χ4n) is 1.02. The summed E-state index contributed by atoms with van der Waals surface area (Å²) in [7, 11) is 0. The van der Waals surface area contributed by atoms with Gasteiger partial charge in [-0.3, -0.25) is 4.68 Å². The topological polar surface area (TPSA) is 38.0 Å². The van der Waals surface area contributed by atoms with E-state index < -0.39 is 18.7 Å². The van der Waals surface area contributed by atoms with Crippen LogP contribution in [0.15, 0.2) is 12.4 Å². The Hall–Kier alpha value is -1.04. The quantitative estimate of drug-likeness (QED) is 0.814. The Morgan fingerprint density at radius 2 is 2.21 bits per heavy atom. The molecule has 1 aromatic rings. The van der Waals surface area contributed by atoms with Crippen molar-refractivity contribution in [3.05, 3.63) is 18.0 Å². The van der Waals surface area contributed by atoms with E-state index in [4.69, 9.17) is 5.11 Å². The highest BCUT2D eigenvalue weighted by molar-refractivity contribution is 5.05. The van der Waals surface area contributed by atoms with E-state index in [2.05, 4.69) is 5.10 Å². The number of hydrogen-bond acceptors (Lipinski definition) is 2. The second-order valence-corrected chi connectivity index (χ2v) is 2.97. The maximum absolute atomic E-state index is 11.9. The van der Waals surface area contributed by atoms with Crippen LogP contribution in [-0.4, -0.2) is 27.2 Å². The van der Waals surface area contributed by atoms with Gasteiger partial charge in [-0.15, -0.1) is 0 Å². The van der Waals surface area contributed by atoms with E-state index in [9.17, 15) is 13.2 Å². The lowest BCUT2D eigenvalue weighted by Gasteiger charge is -2.12. The van der Waals surface area contributed by atoms with Gasteiger partial charge in [-0.05, 0) is 12.5 Å². The van der Waals surface area contributed by atoms with Crippen LogP contribution in [0, 0.1) is 0 Å². The summed E-state index contributed by atoms with van der Waals surface area (Å²) < 4.78 is 37.4. The van der Waals surface area contributed by atoms with Crippen LogP contribution in [0.5, 0.6) is 0 Å². The molecule has 0 aromatic carbocycles. The second kappa shape index (κ2) is 4.00. The van der Waals surface area contributed by atoms with Gasteiger partial charge in [0.2, 0.25) is 0 Å². The summed E-state index contributed by atoms with van der Waals surface area (Å²) in [6, 6.07) is 0. The number of rotatable bonds is 3. The van der Waals surface area contributed by atoms with E-state index in [1.807, 2.05) is 6.92 Å². The number of aromatic nitrogens is 2. The monoisotopic (exact) mass is 208 g/mol.